The van der Waals surface area contributed by atoms with Crippen LogP contribution in [0.25, 0.3) is 11.0 Å². The van der Waals surface area contributed by atoms with Crippen LogP contribution >= 0.6 is 0 Å². The Morgan fingerprint density at radius 3 is 3.15 bits per heavy atom. The number of esters is 1. The second-order valence-corrected chi connectivity index (χ2v) is 2.36. The number of nitrogens with one attached hydrogen (secondary N) is 1. The molecular weight excluding hydrogens is 172 g/mol. The summed E-state index contributed by atoms with van der Waals surface area (Å²) in [6.45, 7) is 0. The zero-order chi connectivity index (χ0) is 9.26. The van der Waals surface area contributed by atoms with E-state index in [9.17, 15) is 4.79 Å². The monoisotopic (exact) mass is 178 g/mol. The second-order valence-electron chi connectivity index (χ2n) is 2.36. The van der Waals surface area contributed by atoms with E-state index >= 15 is 0 Å². The number of rotatable bonds is 1. The first-order valence-electron chi connectivity index (χ1n) is 3.55. The van der Waals surface area contributed by atoms with Gasteiger partial charge in [0.25, 0.3) is 0 Å². The first kappa shape index (κ1) is 7.66. The largest absolute Gasteiger partial charge is 0.463 e. The first-order chi connectivity index (χ1) is 6.31. The summed E-state index contributed by atoms with van der Waals surface area (Å²) in [5.74, 6) is -0.532. The molecule has 2 aromatic rings. The van der Waals surface area contributed by atoms with E-state index in [1.54, 1.807) is 6.20 Å². The van der Waals surface area contributed by atoms with E-state index in [0.717, 1.165) is 5.39 Å². The number of hydrogen-bond donors (Lipinski definition) is 1. The maximum absolute atomic E-state index is 11.0. The number of nitrogens with zero attached hydrogens (tertiary/aromatic N) is 3. The number of methoxy groups -OCH3 is 1. The number of aromatic amines is 1. The summed E-state index contributed by atoms with van der Waals surface area (Å²) in [6.07, 6.45) is 3.09. The van der Waals surface area contributed by atoms with Crippen molar-refractivity contribution in [3.8, 4) is 0 Å². The summed E-state index contributed by atoms with van der Waals surface area (Å²) < 4.78 is 4.46. The highest BCUT2D eigenvalue weighted by atomic mass is 16.5. The zero-order valence-corrected chi connectivity index (χ0v) is 6.81. The Labute approximate surface area is 73.0 Å². The molecule has 2 rings (SSSR count). The summed E-state index contributed by atoms with van der Waals surface area (Å²) in [7, 11) is 1.28. The van der Waals surface area contributed by atoms with Crippen molar-refractivity contribution in [2.75, 3.05) is 7.11 Å². The van der Waals surface area contributed by atoms with Crippen molar-refractivity contribution in [3.63, 3.8) is 0 Å². The Hall–Kier alpha value is -1.98. The molecule has 0 aliphatic rings. The maximum atomic E-state index is 11.0. The van der Waals surface area contributed by atoms with Gasteiger partial charge in [-0.3, -0.25) is 5.10 Å². The van der Waals surface area contributed by atoms with Gasteiger partial charge >= 0.3 is 5.97 Å². The molecule has 0 spiro atoms. The van der Waals surface area contributed by atoms with Crippen LogP contribution in [0.3, 0.4) is 0 Å². The SMILES string of the molecule is COC(=O)c1ncc2cn[nH]c2n1. The summed E-state index contributed by atoms with van der Waals surface area (Å²) in [5, 5.41) is 7.14. The Morgan fingerprint density at radius 1 is 1.54 bits per heavy atom. The lowest BCUT2D eigenvalue weighted by atomic mass is 10.4. The molecule has 0 saturated carbocycles. The fourth-order valence-electron chi connectivity index (χ4n) is 0.928. The van der Waals surface area contributed by atoms with Gasteiger partial charge in [-0.1, -0.05) is 0 Å². The quantitative estimate of drug-likeness (QED) is 0.628. The third kappa shape index (κ3) is 1.22. The molecule has 0 aliphatic heterocycles. The van der Waals surface area contributed by atoms with Crippen molar-refractivity contribution in [1.82, 2.24) is 20.2 Å². The van der Waals surface area contributed by atoms with E-state index in [2.05, 4.69) is 24.9 Å². The van der Waals surface area contributed by atoms with Gasteiger partial charge < -0.3 is 4.74 Å². The molecule has 0 aliphatic carbocycles. The summed E-state index contributed by atoms with van der Waals surface area (Å²) in [4.78, 5) is 18.7. The van der Waals surface area contributed by atoms with Crippen LogP contribution in [0.2, 0.25) is 0 Å². The molecule has 0 fully saturated rings. The maximum Gasteiger partial charge on any atom is 0.376 e. The fraction of sp³-hybridized carbons (Fsp3) is 0.143. The van der Waals surface area contributed by atoms with Crippen LogP contribution in [0.4, 0.5) is 0 Å². The molecule has 2 heterocycles. The van der Waals surface area contributed by atoms with Gasteiger partial charge in [0.1, 0.15) is 0 Å². The van der Waals surface area contributed by atoms with E-state index in [-0.39, 0.29) is 5.82 Å². The smallest absolute Gasteiger partial charge is 0.376 e. The standard InChI is InChI=1S/C7H6N4O2/c1-13-7(12)6-8-2-4-3-9-11-5(4)10-6/h2-3H,1H3,(H,8,9,10,11). The van der Waals surface area contributed by atoms with Crippen molar-refractivity contribution < 1.29 is 9.53 Å². The average molecular weight is 178 g/mol. The summed E-state index contributed by atoms with van der Waals surface area (Å²) in [5.41, 5.74) is 0.524. The molecule has 0 unspecified atom stereocenters. The van der Waals surface area contributed by atoms with E-state index in [1.165, 1.54) is 13.3 Å². The summed E-state index contributed by atoms with van der Waals surface area (Å²) >= 11 is 0. The van der Waals surface area contributed by atoms with Crippen LogP contribution in [0, 0.1) is 0 Å². The molecule has 0 atom stereocenters. The number of carbonyl (C=O) groups is 1. The van der Waals surface area contributed by atoms with E-state index in [4.69, 9.17) is 0 Å². The Bertz CT molecular complexity index is 450. The van der Waals surface area contributed by atoms with Gasteiger partial charge in [-0.2, -0.15) is 5.10 Å². The second kappa shape index (κ2) is 2.81. The van der Waals surface area contributed by atoms with Gasteiger partial charge in [0.15, 0.2) is 5.65 Å². The molecule has 0 radical (unpaired) electrons. The third-order valence-corrected chi connectivity index (χ3v) is 1.56. The van der Waals surface area contributed by atoms with Crippen LogP contribution in [-0.4, -0.2) is 33.2 Å². The van der Waals surface area contributed by atoms with Crippen molar-refractivity contribution in [1.29, 1.82) is 0 Å². The summed E-state index contributed by atoms with van der Waals surface area (Å²) in [6, 6.07) is 0. The average Bonchev–Trinajstić information content (AvgIpc) is 2.63. The molecular formula is C7H6N4O2. The topological polar surface area (TPSA) is 80.8 Å². The van der Waals surface area contributed by atoms with Gasteiger partial charge in [0.2, 0.25) is 5.82 Å². The van der Waals surface area contributed by atoms with E-state index in [1.807, 2.05) is 0 Å². The molecule has 13 heavy (non-hydrogen) atoms. The van der Waals surface area contributed by atoms with Gasteiger partial charge in [0.05, 0.1) is 18.7 Å². The Morgan fingerprint density at radius 2 is 2.38 bits per heavy atom. The van der Waals surface area contributed by atoms with Crippen molar-refractivity contribution >= 4 is 17.0 Å². The van der Waals surface area contributed by atoms with Crippen LogP contribution < -0.4 is 0 Å². The third-order valence-electron chi connectivity index (χ3n) is 1.56. The molecule has 66 valence electrons. The van der Waals surface area contributed by atoms with Gasteiger partial charge in [-0.05, 0) is 0 Å². The molecule has 0 aromatic carbocycles. The molecule has 2 aromatic heterocycles. The van der Waals surface area contributed by atoms with E-state index < -0.39 is 5.97 Å². The number of hydrogen-bond acceptors (Lipinski definition) is 5. The predicted molar refractivity (Wildman–Crippen MR) is 43.0 cm³/mol. The number of H-pyrrole nitrogens is 1. The number of ether oxygens (including phenoxy) is 1. The highest BCUT2D eigenvalue weighted by Crippen LogP contribution is 2.05. The van der Waals surface area contributed by atoms with Crippen LogP contribution in [0.15, 0.2) is 12.4 Å². The fourth-order valence-corrected chi connectivity index (χ4v) is 0.928. The van der Waals surface area contributed by atoms with Gasteiger partial charge in [-0.25, -0.2) is 14.8 Å². The van der Waals surface area contributed by atoms with Gasteiger partial charge in [-0.15, -0.1) is 0 Å². The lowest BCUT2D eigenvalue weighted by molar-refractivity contribution is 0.0587. The minimum atomic E-state index is -0.559. The number of carbonyl (C=O) groups excluding carboxylic acids is 1. The normalized spacial score (nSPS) is 10.2. The zero-order valence-electron chi connectivity index (χ0n) is 6.81. The van der Waals surface area contributed by atoms with E-state index in [0.29, 0.717) is 5.65 Å². The number of aromatic nitrogens is 4. The predicted octanol–water partition coefficient (Wildman–Crippen LogP) is 0.140. The number of fused-ring (bicyclic) bond motifs is 1. The first-order valence-corrected chi connectivity index (χ1v) is 3.55. The van der Waals surface area contributed by atoms with Crippen molar-refractivity contribution in [2.24, 2.45) is 0 Å². The Balaban J connectivity index is 2.54. The lowest BCUT2D eigenvalue weighted by Crippen LogP contribution is -2.06. The molecule has 0 amide bonds. The molecule has 6 nitrogen and oxygen atoms in total. The van der Waals surface area contributed by atoms with Crippen LogP contribution in [0.5, 0.6) is 0 Å². The highest BCUT2D eigenvalue weighted by molar-refractivity contribution is 5.87. The molecule has 1 N–H and O–H groups in total. The molecule has 0 saturated heterocycles. The molecule has 0 bridgehead atoms. The Kier molecular flexibility index (Phi) is 1.66. The molecule has 6 heteroatoms. The minimum Gasteiger partial charge on any atom is -0.463 e. The van der Waals surface area contributed by atoms with Crippen molar-refractivity contribution in [2.45, 2.75) is 0 Å². The highest BCUT2D eigenvalue weighted by Gasteiger charge is 2.09. The van der Waals surface area contributed by atoms with Crippen LogP contribution in [-0.2, 0) is 4.74 Å². The van der Waals surface area contributed by atoms with Crippen molar-refractivity contribution in [3.05, 3.63) is 18.2 Å². The van der Waals surface area contributed by atoms with Gasteiger partial charge in [0, 0.05) is 6.20 Å². The van der Waals surface area contributed by atoms with Crippen LogP contribution in [0.1, 0.15) is 10.6 Å². The minimum absolute atomic E-state index is 0.0271. The lowest BCUT2D eigenvalue weighted by Gasteiger charge is -1.95.